The summed E-state index contributed by atoms with van der Waals surface area (Å²) in [4.78, 5) is 11.3. The Morgan fingerprint density at radius 1 is 1.30 bits per heavy atom. The van der Waals surface area contributed by atoms with Gasteiger partial charge in [-0.3, -0.25) is 0 Å². The van der Waals surface area contributed by atoms with Crippen LogP contribution in [0, 0.1) is 0 Å². The van der Waals surface area contributed by atoms with Crippen LogP contribution >= 0.6 is 0 Å². The molecule has 1 aliphatic rings. The molecular weight excluding hydrogens is 306 g/mol. The van der Waals surface area contributed by atoms with Crippen molar-refractivity contribution >= 4 is 11.9 Å². The number of anilines is 1. The lowest BCUT2D eigenvalue weighted by Crippen LogP contribution is -2.24. The smallest absolute Gasteiger partial charge is 0.352 e. The summed E-state index contributed by atoms with van der Waals surface area (Å²) in [6.07, 6.45) is 1.46. The minimum atomic E-state index is -1.14. The van der Waals surface area contributed by atoms with Gasteiger partial charge >= 0.3 is 5.97 Å². The second-order valence-electron chi connectivity index (χ2n) is 4.68. The molecule has 23 heavy (non-hydrogen) atoms. The number of nitrogens with zero attached hydrogens (tertiary/aromatic N) is 4. The predicted octanol–water partition coefficient (Wildman–Crippen LogP) is 0.379. The lowest BCUT2D eigenvalue weighted by atomic mass is 10.0. The first-order valence-electron chi connectivity index (χ1n) is 6.50. The van der Waals surface area contributed by atoms with Gasteiger partial charge in [-0.15, -0.1) is 0 Å². The van der Waals surface area contributed by atoms with E-state index in [-0.39, 0.29) is 28.9 Å². The highest BCUT2D eigenvalue weighted by Crippen LogP contribution is 2.40. The fraction of sp³-hybridized carbons (Fsp3) is 0.231. The molecule has 0 spiro atoms. The number of tetrazole rings is 1. The maximum absolute atomic E-state index is 11.3. The Morgan fingerprint density at radius 3 is 2.52 bits per heavy atom. The molecule has 0 unspecified atom stereocenters. The highest BCUT2D eigenvalue weighted by atomic mass is 16.5. The molecule has 10 heteroatoms. The van der Waals surface area contributed by atoms with Crippen LogP contribution in [0.15, 0.2) is 23.9 Å². The normalized spacial score (nSPS) is 16.1. The summed E-state index contributed by atoms with van der Waals surface area (Å²) in [6, 6.07) is 2.53. The number of nitrogens with one attached hydrogen (secondary N) is 1. The number of carboxylic acid groups (broad SMARTS) is 1. The molecule has 0 amide bonds. The van der Waals surface area contributed by atoms with E-state index in [9.17, 15) is 15.0 Å². The van der Waals surface area contributed by atoms with Crippen molar-refractivity contribution < 1.29 is 24.5 Å². The number of ether oxygens (including phenoxy) is 2. The number of benzene rings is 1. The third-order valence-electron chi connectivity index (χ3n) is 3.40. The van der Waals surface area contributed by atoms with Gasteiger partial charge < -0.3 is 25.0 Å². The van der Waals surface area contributed by atoms with Gasteiger partial charge in [-0.2, -0.15) is 4.68 Å². The average Bonchev–Trinajstić information content (AvgIpc) is 3.02. The van der Waals surface area contributed by atoms with Crippen molar-refractivity contribution in [3.8, 4) is 17.2 Å². The Hall–Kier alpha value is -3.30. The molecule has 1 aliphatic heterocycles. The molecule has 3 rings (SSSR count). The number of aliphatic carboxylic acids is 1. The number of phenolic OH excluding ortho intramolecular Hbond substituents is 1. The van der Waals surface area contributed by atoms with E-state index >= 15 is 0 Å². The maximum Gasteiger partial charge on any atom is 0.352 e. The monoisotopic (exact) mass is 319 g/mol. The topological polar surface area (TPSA) is 132 Å². The first kappa shape index (κ1) is 14.6. The lowest BCUT2D eigenvalue weighted by molar-refractivity contribution is -0.132. The minimum absolute atomic E-state index is 0.0525. The fourth-order valence-corrected chi connectivity index (χ4v) is 2.30. The van der Waals surface area contributed by atoms with Crippen molar-refractivity contribution in [2.75, 3.05) is 19.5 Å². The molecule has 0 saturated carbocycles. The van der Waals surface area contributed by atoms with E-state index in [0.717, 1.165) is 0 Å². The molecule has 0 radical (unpaired) electrons. The summed E-state index contributed by atoms with van der Waals surface area (Å²) in [5.74, 6) is -0.703. The molecule has 1 atom stereocenters. The molecule has 1 aromatic heterocycles. The van der Waals surface area contributed by atoms with E-state index < -0.39 is 12.0 Å². The van der Waals surface area contributed by atoms with E-state index in [4.69, 9.17) is 9.47 Å². The SMILES string of the molecule is COc1cc([C@@H]2C=C(C(=O)O)Nc3nnnn32)cc(OC)c1O. The molecule has 3 N–H and O–H groups in total. The second kappa shape index (κ2) is 5.48. The number of rotatable bonds is 4. The number of aromatic nitrogens is 4. The van der Waals surface area contributed by atoms with Crippen molar-refractivity contribution in [3.05, 3.63) is 29.5 Å². The largest absolute Gasteiger partial charge is 0.502 e. The molecule has 0 fully saturated rings. The van der Waals surface area contributed by atoms with E-state index in [1.807, 2.05) is 0 Å². The van der Waals surface area contributed by atoms with Crippen LogP contribution in [0.4, 0.5) is 5.95 Å². The number of hydrogen-bond donors (Lipinski definition) is 3. The number of carbonyl (C=O) groups is 1. The molecule has 0 aliphatic carbocycles. The number of allylic oxidation sites excluding steroid dienone is 1. The standard InChI is InChI=1S/C13H13N5O5/c1-22-9-3-6(4-10(23-2)11(9)19)8-5-7(12(20)21)14-13-15-16-17-18(8)13/h3-5,8,19H,1-2H3,(H,20,21)(H,14,15,17)/t8-/m0/s1. The summed E-state index contributed by atoms with van der Waals surface area (Å²) < 4.78 is 11.7. The van der Waals surface area contributed by atoms with Crippen molar-refractivity contribution in [2.45, 2.75) is 6.04 Å². The number of methoxy groups -OCH3 is 2. The van der Waals surface area contributed by atoms with Crippen LogP contribution in [0.3, 0.4) is 0 Å². The van der Waals surface area contributed by atoms with Gasteiger partial charge in [0.15, 0.2) is 11.5 Å². The molecular formula is C13H13N5O5. The van der Waals surface area contributed by atoms with Crippen LogP contribution < -0.4 is 14.8 Å². The van der Waals surface area contributed by atoms with Crippen LogP contribution in [0.5, 0.6) is 17.2 Å². The molecule has 2 aromatic rings. The Labute approximate surface area is 129 Å². The van der Waals surface area contributed by atoms with Crippen LogP contribution in [0.1, 0.15) is 11.6 Å². The summed E-state index contributed by atoms with van der Waals surface area (Å²) in [5.41, 5.74) is 0.536. The van der Waals surface area contributed by atoms with Crippen molar-refractivity contribution in [3.63, 3.8) is 0 Å². The number of fused-ring (bicyclic) bond motifs is 1. The van der Waals surface area contributed by atoms with Gasteiger partial charge in [0.1, 0.15) is 11.7 Å². The van der Waals surface area contributed by atoms with E-state index in [2.05, 4.69) is 20.8 Å². The van der Waals surface area contributed by atoms with Crippen molar-refractivity contribution in [1.29, 1.82) is 0 Å². The zero-order valence-corrected chi connectivity index (χ0v) is 12.2. The van der Waals surface area contributed by atoms with Gasteiger partial charge in [-0.25, -0.2) is 4.79 Å². The first-order chi connectivity index (χ1) is 11.0. The number of carboxylic acids is 1. The van der Waals surface area contributed by atoms with Gasteiger partial charge in [-0.1, -0.05) is 5.10 Å². The van der Waals surface area contributed by atoms with Gasteiger partial charge in [0.25, 0.3) is 0 Å². The molecule has 120 valence electrons. The minimum Gasteiger partial charge on any atom is -0.502 e. The summed E-state index contributed by atoms with van der Waals surface area (Å²) in [5, 5.41) is 33.0. The van der Waals surface area contributed by atoms with Gasteiger partial charge in [-0.05, 0) is 34.2 Å². The highest BCUT2D eigenvalue weighted by molar-refractivity contribution is 5.90. The van der Waals surface area contributed by atoms with E-state index in [1.165, 1.54) is 25.0 Å². The Balaban J connectivity index is 2.16. The van der Waals surface area contributed by atoms with E-state index in [0.29, 0.717) is 5.56 Å². The van der Waals surface area contributed by atoms with E-state index in [1.54, 1.807) is 12.1 Å². The molecule has 2 heterocycles. The number of hydrogen-bond acceptors (Lipinski definition) is 8. The average molecular weight is 319 g/mol. The molecule has 0 saturated heterocycles. The number of aromatic hydroxyl groups is 1. The zero-order chi connectivity index (χ0) is 16.6. The first-order valence-corrected chi connectivity index (χ1v) is 6.50. The zero-order valence-electron chi connectivity index (χ0n) is 12.2. The summed E-state index contributed by atoms with van der Waals surface area (Å²) in [6.45, 7) is 0. The van der Waals surface area contributed by atoms with Crippen LogP contribution in [0.25, 0.3) is 0 Å². The Morgan fingerprint density at radius 2 is 1.96 bits per heavy atom. The predicted molar refractivity (Wildman–Crippen MR) is 76.5 cm³/mol. The highest BCUT2D eigenvalue weighted by Gasteiger charge is 2.28. The quantitative estimate of drug-likeness (QED) is 0.731. The number of phenols is 1. The van der Waals surface area contributed by atoms with Crippen molar-refractivity contribution in [2.24, 2.45) is 0 Å². The van der Waals surface area contributed by atoms with Gasteiger partial charge in [0, 0.05) is 0 Å². The molecule has 10 nitrogen and oxygen atoms in total. The maximum atomic E-state index is 11.3. The van der Waals surface area contributed by atoms with Gasteiger partial charge in [0.2, 0.25) is 11.7 Å². The molecule has 0 bridgehead atoms. The van der Waals surface area contributed by atoms with Crippen LogP contribution in [-0.4, -0.2) is 50.6 Å². The Bertz CT molecular complexity index is 775. The second-order valence-corrected chi connectivity index (χ2v) is 4.68. The molecule has 1 aromatic carbocycles. The third kappa shape index (κ3) is 2.39. The fourth-order valence-electron chi connectivity index (χ4n) is 2.30. The van der Waals surface area contributed by atoms with Gasteiger partial charge in [0.05, 0.1) is 14.2 Å². The summed E-state index contributed by atoms with van der Waals surface area (Å²) in [7, 11) is 2.81. The summed E-state index contributed by atoms with van der Waals surface area (Å²) >= 11 is 0. The Kier molecular flexibility index (Phi) is 3.48. The van der Waals surface area contributed by atoms with Crippen LogP contribution in [-0.2, 0) is 4.79 Å². The lowest BCUT2D eigenvalue weighted by Gasteiger charge is -2.22. The van der Waals surface area contributed by atoms with Crippen LogP contribution in [0.2, 0.25) is 0 Å². The van der Waals surface area contributed by atoms with Crippen molar-refractivity contribution in [1.82, 2.24) is 20.2 Å². The third-order valence-corrected chi connectivity index (χ3v) is 3.40.